The van der Waals surface area contributed by atoms with Crippen LogP contribution in [0.25, 0.3) is 5.65 Å². The van der Waals surface area contributed by atoms with Gasteiger partial charge in [-0.1, -0.05) is 0 Å². The van der Waals surface area contributed by atoms with E-state index in [2.05, 4.69) is 27.5 Å². The summed E-state index contributed by atoms with van der Waals surface area (Å²) in [6.45, 7) is 6.77. The van der Waals surface area contributed by atoms with Crippen molar-refractivity contribution in [2.75, 3.05) is 11.9 Å². The molecule has 2 rings (SSSR count). The van der Waals surface area contributed by atoms with Gasteiger partial charge in [-0.2, -0.15) is 9.61 Å². The fraction of sp³-hybridized carbons (Fsp3) is 0.444. The molecule has 2 aromatic heterocycles. The second-order valence-electron chi connectivity index (χ2n) is 3.21. The summed E-state index contributed by atoms with van der Waals surface area (Å²) >= 11 is 0. The van der Waals surface area contributed by atoms with Crippen LogP contribution in [0.15, 0.2) is 6.07 Å². The molecule has 0 spiro atoms. The number of aromatic nitrogens is 4. The van der Waals surface area contributed by atoms with Crippen molar-refractivity contribution in [2.45, 2.75) is 20.8 Å². The first-order valence-electron chi connectivity index (χ1n) is 4.66. The summed E-state index contributed by atoms with van der Waals surface area (Å²) in [5.74, 6) is 0.808. The van der Waals surface area contributed by atoms with Gasteiger partial charge in [0.1, 0.15) is 0 Å². The van der Waals surface area contributed by atoms with Gasteiger partial charge in [0.15, 0.2) is 5.82 Å². The topological polar surface area (TPSA) is 55.1 Å². The van der Waals surface area contributed by atoms with E-state index in [9.17, 15) is 0 Å². The zero-order valence-electron chi connectivity index (χ0n) is 8.57. The third-order valence-electron chi connectivity index (χ3n) is 2.02. The number of fused-ring (bicyclic) bond motifs is 1. The van der Waals surface area contributed by atoms with Crippen molar-refractivity contribution < 1.29 is 0 Å². The van der Waals surface area contributed by atoms with Crippen LogP contribution < -0.4 is 5.32 Å². The van der Waals surface area contributed by atoms with Crippen molar-refractivity contribution in [2.24, 2.45) is 0 Å². The summed E-state index contributed by atoms with van der Waals surface area (Å²) in [6, 6.07) is 1.98. The molecular formula is C9H13N5. The van der Waals surface area contributed by atoms with Gasteiger partial charge in [-0.15, -0.1) is 10.2 Å². The molecule has 0 atom stereocenters. The molecule has 5 nitrogen and oxygen atoms in total. The Labute approximate surface area is 82.2 Å². The number of hydrogen-bond acceptors (Lipinski definition) is 4. The van der Waals surface area contributed by atoms with Crippen LogP contribution in [0.3, 0.4) is 0 Å². The average molecular weight is 191 g/mol. The zero-order chi connectivity index (χ0) is 10.1. The van der Waals surface area contributed by atoms with Crippen LogP contribution in [0.4, 0.5) is 5.69 Å². The lowest BCUT2D eigenvalue weighted by atomic mass is 10.3. The molecule has 14 heavy (non-hydrogen) atoms. The SMILES string of the molecule is CCNc1cc(C)nn2c(C)nnc12. The molecule has 0 aliphatic carbocycles. The minimum atomic E-state index is 0.787. The third kappa shape index (κ3) is 1.30. The Morgan fingerprint density at radius 3 is 2.86 bits per heavy atom. The van der Waals surface area contributed by atoms with Gasteiger partial charge < -0.3 is 5.32 Å². The predicted octanol–water partition coefficient (Wildman–Crippen LogP) is 1.17. The van der Waals surface area contributed by atoms with E-state index in [1.165, 1.54) is 0 Å². The second kappa shape index (κ2) is 3.25. The summed E-state index contributed by atoms with van der Waals surface area (Å²) in [5, 5.41) is 15.6. The van der Waals surface area contributed by atoms with E-state index in [-0.39, 0.29) is 0 Å². The lowest BCUT2D eigenvalue weighted by molar-refractivity contribution is 0.851. The van der Waals surface area contributed by atoms with Crippen LogP contribution >= 0.6 is 0 Å². The molecule has 0 radical (unpaired) electrons. The minimum Gasteiger partial charge on any atom is -0.382 e. The average Bonchev–Trinajstić information content (AvgIpc) is 2.49. The molecular weight excluding hydrogens is 178 g/mol. The Kier molecular flexibility index (Phi) is 2.07. The highest BCUT2D eigenvalue weighted by Crippen LogP contribution is 2.15. The molecule has 0 bridgehead atoms. The maximum absolute atomic E-state index is 4.33. The van der Waals surface area contributed by atoms with Crippen molar-refractivity contribution in [3.05, 3.63) is 17.6 Å². The Bertz CT molecular complexity index is 459. The zero-order valence-corrected chi connectivity index (χ0v) is 8.57. The molecule has 0 fully saturated rings. The normalized spacial score (nSPS) is 10.8. The number of nitrogens with one attached hydrogen (secondary N) is 1. The van der Waals surface area contributed by atoms with Crippen LogP contribution in [0.1, 0.15) is 18.4 Å². The molecule has 0 aliphatic rings. The number of rotatable bonds is 2. The lowest BCUT2D eigenvalue weighted by Gasteiger charge is -2.05. The van der Waals surface area contributed by atoms with E-state index in [4.69, 9.17) is 0 Å². The fourth-order valence-electron chi connectivity index (χ4n) is 1.43. The first-order valence-corrected chi connectivity index (χ1v) is 4.66. The van der Waals surface area contributed by atoms with Gasteiger partial charge >= 0.3 is 0 Å². The smallest absolute Gasteiger partial charge is 0.200 e. The highest BCUT2D eigenvalue weighted by Gasteiger charge is 2.07. The van der Waals surface area contributed by atoms with Crippen LogP contribution in [0, 0.1) is 13.8 Å². The first-order chi connectivity index (χ1) is 6.72. The molecule has 2 heterocycles. The first kappa shape index (κ1) is 8.93. The van der Waals surface area contributed by atoms with Crippen LogP contribution in [0.2, 0.25) is 0 Å². The van der Waals surface area contributed by atoms with Gasteiger partial charge in [0.2, 0.25) is 5.65 Å². The van der Waals surface area contributed by atoms with Gasteiger partial charge in [0, 0.05) is 6.54 Å². The fourth-order valence-corrected chi connectivity index (χ4v) is 1.43. The molecule has 2 aromatic rings. The van der Waals surface area contributed by atoms with Gasteiger partial charge in [0.05, 0.1) is 11.4 Å². The van der Waals surface area contributed by atoms with Crippen molar-refractivity contribution in [1.82, 2.24) is 19.8 Å². The monoisotopic (exact) mass is 191 g/mol. The molecule has 0 saturated heterocycles. The van der Waals surface area contributed by atoms with Gasteiger partial charge in [-0.3, -0.25) is 0 Å². The number of hydrogen-bond donors (Lipinski definition) is 1. The Morgan fingerprint density at radius 2 is 2.14 bits per heavy atom. The second-order valence-corrected chi connectivity index (χ2v) is 3.21. The number of anilines is 1. The molecule has 0 saturated carbocycles. The minimum absolute atomic E-state index is 0.787. The third-order valence-corrected chi connectivity index (χ3v) is 2.02. The summed E-state index contributed by atoms with van der Waals surface area (Å²) in [4.78, 5) is 0. The summed E-state index contributed by atoms with van der Waals surface area (Å²) < 4.78 is 1.76. The van der Waals surface area contributed by atoms with Gasteiger partial charge in [0.25, 0.3) is 0 Å². The Hall–Kier alpha value is -1.65. The Balaban J connectivity index is 2.68. The molecule has 0 aliphatic heterocycles. The van der Waals surface area contributed by atoms with Crippen molar-refractivity contribution >= 4 is 11.3 Å². The highest BCUT2D eigenvalue weighted by atomic mass is 15.4. The van der Waals surface area contributed by atoms with Crippen LogP contribution in [0.5, 0.6) is 0 Å². The van der Waals surface area contributed by atoms with Crippen LogP contribution in [-0.4, -0.2) is 26.4 Å². The highest BCUT2D eigenvalue weighted by molar-refractivity contribution is 5.66. The van der Waals surface area contributed by atoms with Gasteiger partial charge in [-0.25, -0.2) is 0 Å². The van der Waals surface area contributed by atoms with E-state index in [0.29, 0.717) is 0 Å². The molecule has 1 N–H and O–H groups in total. The van der Waals surface area contributed by atoms with Crippen molar-refractivity contribution in [1.29, 1.82) is 0 Å². The lowest BCUT2D eigenvalue weighted by Crippen LogP contribution is -2.04. The van der Waals surface area contributed by atoms with Gasteiger partial charge in [-0.05, 0) is 26.8 Å². The van der Waals surface area contributed by atoms with Crippen LogP contribution in [-0.2, 0) is 0 Å². The molecule has 0 unspecified atom stereocenters. The molecule has 0 amide bonds. The predicted molar refractivity (Wildman–Crippen MR) is 54.4 cm³/mol. The van der Waals surface area contributed by atoms with Crippen molar-refractivity contribution in [3.8, 4) is 0 Å². The maximum atomic E-state index is 4.33. The summed E-state index contributed by atoms with van der Waals surface area (Å²) in [5.41, 5.74) is 2.73. The number of aryl methyl sites for hydroxylation is 2. The maximum Gasteiger partial charge on any atom is 0.200 e. The van der Waals surface area contributed by atoms with E-state index >= 15 is 0 Å². The standard InChI is InChI=1S/C9H13N5/c1-4-10-8-5-6(2)13-14-7(3)11-12-9(8)14/h5,10H,4H2,1-3H3. The van der Waals surface area contributed by atoms with E-state index in [1.54, 1.807) is 4.52 Å². The quantitative estimate of drug-likeness (QED) is 0.774. The van der Waals surface area contributed by atoms with E-state index in [1.807, 2.05) is 19.9 Å². The molecule has 0 aromatic carbocycles. The van der Waals surface area contributed by atoms with Crippen molar-refractivity contribution in [3.63, 3.8) is 0 Å². The van der Waals surface area contributed by atoms with E-state index < -0.39 is 0 Å². The largest absolute Gasteiger partial charge is 0.382 e. The summed E-state index contributed by atoms with van der Waals surface area (Å²) in [7, 11) is 0. The molecule has 5 heteroatoms. The number of nitrogens with zero attached hydrogens (tertiary/aromatic N) is 4. The summed E-state index contributed by atoms with van der Waals surface area (Å²) in [6.07, 6.45) is 0. The molecule has 74 valence electrons. The van der Waals surface area contributed by atoms with E-state index in [0.717, 1.165) is 29.4 Å². The Morgan fingerprint density at radius 1 is 1.36 bits per heavy atom.